The van der Waals surface area contributed by atoms with Crippen molar-refractivity contribution in [1.29, 1.82) is 5.26 Å². The van der Waals surface area contributed by atoms with E-state index in [4.69, 9.17) is 11.0 Å². The molecule has 0 saturated carbocycles. The molecule has 0 aliphatic carbocycles. The molecule has 0 aromatic heterocycles. The fourth-order valence-electron chi connectivity index (χ4n) is 1.82. The number of carbonyl (C=O) groups excluding carboxylic acids is 1. The zero-order valence-electron chi connectivity index (χ0n) is 10.4. The fourth-order valence-corrected chi connectivity index (χ4v) is 1.82. The molecule has 4 heteroatoms. The molecule has 2 N–H and O–H groups in total. The molecule has 0 bridgehead atoms. The first-order valence-electron chi connectivity index (χ1n) is 5.63. The molecule has 0 spiro atoms. The monoisotopic (exact) mass is 252 g/mol. The van der Waals surface area contributed by atoms with Crippen LogP contribution in [-0.2, 0) is 4.74 Å². The van der Waals surface area contributed by atoms with Gasteiger partial charge < -0.3 is 10.5 Å². The topological polar surface area (TPSA) is 76.1 Å². The van der Waals surface area contributed by atoms with Gasteiger partial charge in [0.1, 0.15) is 0 Å². The minimum Gasteiger partial charge on any atom is -0.465 e. The largest absolute Gasteiger partial charge is 0.465 e. The highest BCUT2D eigenvalue weighted by Gasteiger charge is 2.09. The first kappa shape index (κ1) is 12.7. The van der Waals surface area contributed by atoms with E-state index in [9.17, 15) is 4.79 Å². The Bertz CT molecular complexity index is 672. The lowest BCUT2D eigenvalue weighted by molar-refractivity contribution is 0.0601. The Morgan fingerprint density at radius 3 is 2.68 bits per heavy atom. The van der Waals surface area contributed by atoms with Gasteiger partial charge in [-0.25, -0.2) is 4.79 Å². The Labute approximate surface area is 111 Å². The Morgan fingerprint density at radius 2 is 2.00 bits per heavy atom. The van der Waals surface area contributed by atoms with Gasteiger partial charge in [0.2, 0.25) is 0 Å². The second kappa shape index (κ2) is 5.23. The van der Waals surface area contributed by atoms with Crippen LogP contribution >= 0.6 is 0 Å². The van der Waals surface area contributed by atoms with Gasteiger partial charge in [-0.05, 0) is 41.5 Å². The quantitative estimate of drug-likeness (QED) is 0.658. The van der Waals surface area contributed by atoms with Crippen LogP contribution in [0.2, 0.25) is 0 Å². The summed E-state index contributed by atoms with van der Waals surface area (Å²) in [6, 6.07) is 14.2. The molecule has 0 radical (unpaired) electrons. The van der Waals surface area contributed by atoms with Gasteiger partial charge >= 0.3 is 5.97 Å². The number of rotatable bonds is 2. The zero-order chi connectivity index (χ0) is 13.8. The third kappa shape index (κ3) is 2.72. The van der Waals surface area contributed by atoms with Gasteiger partial charge in [0.15, 0.2) is 0 Å². The number of esters is 1. The molecule has 0 amide bonds. The van der Waals surface area contributed by atoms with Crippen molar-refractivity contribution in [2.75, 3.05) is 12.8 Å². The number of ether oxygens (including phenoxy) is 1. The lowest BCUT2D eigenvalue weighted by Gasteiger charge is -2.07. The van der Waals surface area contributed by atoms with Crippen molar-refractivity contribution in [2.24, 2.45) is 0 Å². The first-order chi connectivity index (χ1) is 9.13. The molecule has 0 fully saturated rings. The molecule has 0 aliphatic rings. The van der Waals surface area contributed by atoms with Crippen molar-refractivity contribution < 1.29 is 9.53 Å². The molecule has 2 aromatic carbocycles. The number of nitrogen functional groups attached to an aromatic ring is 1. The predicted octanol–water partition coefficient (Wildman–Crippen LogP) is 2.59. The Kier molecular flexibility index (Phi) is 3.48. The number of anilines is 1. The molecular formula is C15H12N2O2. The zero-order valence-corrected chi connectivity index (χ0v) is 10.4. The first-order valence-corrected chi connectivity index (χ1v) is 5.63. The van der Waals surface area contributed by atoms with E-state index >= 15 is 0 Å². The summed E-state index contributed by atoms with van der Waals surface area (Å²) in [5.41, 5.74) is 8.81. The lowest BCUT2D eigenvalue weighted by atomic mass is 10.0. The summed E-state index contributed by atoms with van der Waals surface area (Å²) >= 11 is 0. The van der Waals surface area contributed by atoms with Crippen LogP contribution in [0.15, 0.2) is 42.5 Å². The van der Waals surface area contributed by atoms with Gasteiger partial charge in [0, 0.05) is 5.69 Å². The van der Waals surface area contributed by atoms with Gasteiger partial charge in [-0.1, -0.05) is 12.1 Å². The van der Waals surface area contributed by atoms with Crippen molar-refractivity contribution in [3.05, 3.63) is 53.6 Å². The number of carbonyl (C=O) groups is 1. The smallest absolute Gasteiger partial charge is 0.337 e. The van der Waals surface area contributed by atoms with E-state index in [0.29, 0.717) is 16.8 Å². The molecule has 0 atom stereocenters. The minimum atomic E-state index is -0.440. The van der Waals surface area contributed by atoms with Gasteiger partial charge in [0.05, 0.1) is 24.3 Å². The van der Waals surface area contributed by atoms with Crippen LogP contribution < -0.4 is 5.73 Å². The predicted molar refractivity (Wildman–Crippen MR) is 72.3 cm³/mol. The number of methoxy groups -OCH3 is 1. The van der Waals surface area contributed by atoms with E-state index < -0.39 is 5.97 Å². The SMILES string of the molecule is COC(=O)c1cc(N)cc(-c2cccc(C#N)c2)c1. The van der Waals surface area contributed by atoms with E-state index in [1.807, 2.05) is 6.07 Å². The summed E-state index contributed by atoms with van der Waals surface area (Å²) in [4.78, 5) is 11.5. The summed E-state index contributed by atoms with van der Waals surface area (Å²) in [7, 11) is 1.32. The summed E-state index contributed by atoms with van der Waals surface area (Å²) in [5.74, 6) is -0.440. The van der Waals surface area contributed by atoms with Crippen LogP contribution in [-0.4, -0.2) is 13.1 Å². The van der Waals surface area contributed by atoms with Crippen LogP contribution in [0.5, 0.6) is 0 Å². The average Bonchev–Trinajstić information content (AvgIpc) is 2.45. The van der Waals surface area contributed by atoms with Crippen molar-refractivity contribution in [3.8, 4) is 17.2 Å². The van der Waals surface area contributed by atoms with Crippen LogP contribution in [0, 0.1) is 11.3 Å². The van der Waals surface area contributed by atoms with E-state index in [1.165, 1.54) is 7.11 Å². The van der Waals surface area contributed by atoms with E-state index in [-0.39, 0.29) is 0 Å². The maximum Gasteiger partial charge on any atom is 0.337 e. The fraction of sp³-hybridized carbons (Fsp3) is 0.0667. The van der Waals surface area contributed by atoms with Gasteiger partial charge in [-0.2, -0.15) is 5.26 Å². The molecule has 4 nitrogen and oxygen atoms in total. The minimum absolute atomic E-state index is 0.389. The molecule has 0 unspecified atom stereocenters. The number of nitrogens with zero attached hydrogens (tertiary/aromatic N) is 1. The van der Waals surface area contributed by atoms with Gasteiger partial charge in [-0.3, -0.25) is 0 Å². The summed E-state index contributed by atoms with van der Waals surface area (Å²) in [6.07, 6.45) is 0. The highest BCUT2D eigenvalue weighted by Crippen LogP contribution is 2.24. The van der Waals surface area contributed by atoms with Crippen LogP contribution in [0.1, 0.15) is 15.9 Å². The average molecular weight is 252 g/mol. The number of hydrogen-bond acceptors (Lipinski definition) is 4. The summed E-state index contributed by atoms with van der Waals surface area (Å²) in [6.45, 7) is 0. The number of nitrogens with two attached hydrogens (primary N) is 1. The molecule has 0 aliphatic heterocycles. The number of benzene rings is 2. The third-order valence-electron chi connectivity index (χ3n) is 2.70. The van der Waals surface area contributed by atoms with Crippen molar-refractivity contribution in [2.45, 2.75) is 0 Å². The maximum absolute atomic E-state index is 11.5. The second-order valence-electron chi connectivity index (χ2n) is 4.03. The van der Waals surface area contributed by atoms with Crippen LogP contribution in [0.25, 0.3) is 11.1 Å². The van der Waals surface area contributed by atoms with Crippen LogP contribution in [0.3, 0.4) is 0 Å². The maximum atomic E-state index is 11.5. The van der Waals surface area contributed by atoms with E-state index in [0.717, 1.165) is 11.1 Å². The van der Waals surface area contributed by atoms with E-state index in [1.54, 1.807) is 36.4 Å². The molecule has 19 heavy (non-hydrogen) atoms. The molecule has 0 saturated heterocycles. The van der Waals surface area contributed by atoms with Gasteiger partial charge in [-0.15, -0.1) is 0 Å². The summed E-state index contributed by atoms with van der Waals surface area (Å²) in [5, 5.41) is 8.90. The molecule has 2 aromatic rings. The molecular weight excluding hydrogens is 240 g/mol. The highest BCUT2D eigenvalue weighted by molar-refractivity contribution is 5.92. The Balaban J connectivity index is 2.53. The standard InChI is InChI=1S/C15H12N2O2/c1-19-15(18)13-6-12(7-14(17)8-13)11-4-2-3-10(5-11)9-16/h2-8H,17H2,1H3. The van der Waals surface area contributed by atoms with Crippen molar-refractivity contribution in [1.82, 2.24) is 0 Å². The number of nitriles is 1. The molecule has 94 valence electrons. The normalized spacial score (nSPS) is 9.68. The Hall–Kier alpha value is -2.80. The second-order valence-corrected chi connectivity index (χ2v) is 4.03. The van der Waals surface area contributed by atoms with Crippen molar-refractivity contribution in [3.63, 3.8) is 0 Å². The Morgan fingerprint density at radius 1 is 1.21 bits per heavy atom. The highest BCUT2D eigenvalue weighted by atomic mass is 16.5. The lowest BCUT2D eigenvalue weighted by Crippen LogP contribution is -2.02. The number of hydrogen-bond donors (Lipinski definition) is 1. The van der Waals surface area contributed by atoms with Gasteiger partial charge in [0.25, 0.3) is 0 Å². The van der Waals surface area contributed by atoms with Crippen molar-refractivity contribution >= 4 is 11.7 Å². The molecule has 0 heterocycles. The summed E-state index contributed by atoms with van der Waals surface area (Å²) < 4.78 is 4.68. The van der Waals surface area contributed by atoms with E-state index in [2.05, 4.69) is 10.8 Å². The van der Waals surface area contributed by atoms with Crippen LogP contribution in [0.4, 0.5) is 5.69 Å². The third-order valence-corrected chi connectivity index (χ3v) is 2.70. The molecule has 2 rings (SSSR count).